The lowest BCUT2D eigenvalue weighted by Gasteiger charge is -2.35. The molecule has 136 valence electrons. The number of piperazine rings is 1. The van der Waals surface area contributed by atoms with Gasteiger partial charge in [-0.3, -0.25) is 10.1 Å². The molecule has 1 saturated heterocycles. The van der Waals surface area contributed by atoms with E-state index < -0.39 is 14.9 Å². The zero-order chi connectivity index (χ0) is 18.6. The molecule has 1 aliphatic heterocycles. The van der Waals surface area contributed by atoms with Crippen molar-refractivity contribution < 1.29 is 13.3 Å². The quantitative estimate of drug-likeness (QED) is 0.354. The molecule has 0 spiro atoms. The fourth-order valence-corrected chi connectivity index (χ4v) is 4.04. The molecule has 0 unspecified atom stereocenters. The van der Waals surface area contributed by atoms with Gasteiger partial charge in [0.1, 0.15) is 0 Å². The summed E-state index contributed by atoms with van der Waals surface area (Å²) in [6.45, 7) is 7.83. The Bertz CT molecular complexity index is 769. The van der Waals surface area contributed by atoms with Crippen molar-refractivity contribution in [2.45, 2.75) is 11.8 Å². The van der Waals surface area contributed by atoms with Crippen LogP contribution in [0, 0.1) is 10.1 Å². The second kappa shape index (κ2) is 7.89. The Kier molecular flexibility index (Phi) is 6.09. The van der Waals surface area contributed by atoms with Gasteiger partial charge >= 0.3 is 0 Å². The molecule has 0 aromatic heterocycles. The molecule has 1 heterocycles. The van der Waals surface area contributed by atoms with Gasteiger partial charge in [-0.15, -0.1) is 0 Å². The summed E-state index contributed by atoms with van der Waals surface area (Å²) in [6, 6.07) is 4.91. The molecule has 1 fully saturated rings. The molecule has 2 rings (SSSR count). The lowest BCUT2D eigenvalue weighted by Crippen LogP contribution is -2.53. The van der Waals surface area contributed by atoms with Crippen molar-refractivity contribution >= 4 is 33.0 Å². The number of nitrogens with one attached hydrogen (secondary N) is 1. The first-order valence-corrected chi connectivity index (χ1v) is 9.48. The number of benzene rings is 1. The maximum atomic E-state index is 12.6. The second-order valence-electron chi connectivity index (χ2n) is 5.76. The number of sulfonamides is 1. The fraction of sp³-hybridized carbons (Fsp3) is 0.400. The van der Waals surface area contributed by atoms with Crippen LogP contribution in [0.25, 0.3) is 0 Å². The monoisotopic (exact) mass is 384 g/mol. The first-order chi connectivity index (χ1) is 11.7. The maximum absolute atomic E-state index is 12.6. The largest absolute Gasteiger partial charge is 0.359 e. The molecule has 1 aromatic rings. The van der Waals surface area contributed by atoms with Crippen LogP contribution in [-0.2, 0) is 10.0 Å². The lowest BCUT2D eigenvalue weighted by molar-refractivity contribution is -0.384. The Labute approximate surface area is 152 Å². The van der Waals surface area contributed by atoms with E-state index in [2.05, 4.69) is 11.9 Å². The Morgan fingerprint density at radius 2 is 1.84 bits per heavy atom. The second-order valence-corrected chi connectivity index (χ2v) is 8.08. The highest BCUT2D eigenvalue weighted by molar-refractivity contribution is 7.89. The van der Waals surface area contributed by atoms with E-state index in [9.17, 15) is 18.5 Å². The van der Waals surface area contributed by atoms with Crippen LogP contribution in [-0.4, -0.2) is 60.4 Å². The smallest absolute Gasteiger partial charge is 0.269 e. The molecule has 10 heteroatoms. The van der Waals surface area contributed by atoms with Crippen LogP contribution < -0.4 is 5.32 Å². The number of non-ortho nitro benzene ring substituents is 1. The minimum atomic E-state index is -3.67. The minimum absolute atomic E-state index is 0.0505. The van der Waals surface area contributed by atoms with Gasteiger partial charge in [-0.05, 0) is 31.3 Å². The first kappa shape index (κ1) is 19.3. The van der Waals surface area contributed by atoms with Gasteiger partial charge in [0.25, 0.3) is 5.69 Å². The third kappa shape index (κ3) is 4.74. The summed E-state index contributed by atoms with van der Waals surface area (Å²) in [5.74, 6) is 0. The molecule has 0 atom stereocenters. The molecule has 0 radical (unpaired) electrons. The molecule has 1 aromatic carbocycles. The van der Waals surface area contributed by atoms with Crippen molar-refractivity contribution in [3.8, 4) is 0 Å². The van der Waals surface area contributed by atoms with E-state index in [1.54, 1.807) is 0 Å². The van der Waals surface area contributed by atoms with Crippen LogP contribution in [0.4, 0.5) is 5.69 Å². The maximum Gasteiger partial charge on any atom is 0.269 e. The average Bonchev–Trinajstić information content (AvgIpc) is 2.59. The van der Waals surface area contributed by atoms with Gasteiger partial charge in [0.2, 0.25) is 10.0 Å². The SMILES string of the molecule is C=C(C)CNC(=S)N1CCN(S(=O)(=O)c2ccc([N+](=O)[O-])cc2)CC1. The van der Waals surface area contributed by atoms with Crippen molar-refractivity contribution in [2.75, 3.05) is 32.7 Å². The summed E-state index contributed by atoms with van der Waals surface area (Å²) < 4.78 is 26.6. The Morgan fingerprint density at radius 3 is 2.32 bits per heavy atom. The lowest BCUT2D eigenvalue weighted by atomic mass is 10.3. The highest BCUT2D eigenvalue weighted by atomic mass is 32.2. The van der Waals surface area contributed by atoms with Crippen molar-refractivity contribution in [3.05, 3.63) is 46.5 Å². The zero-order valence-electron chi connectivity index (χ0n) is 13.8. The number of thiocarbonyl (C=S) groups is 1. The molecule has 1 N–H and O–H groups in total. The Hall–Kier alpha value is -2.04. The van der Waals surface area contributed by atoms with E-state index in [1.807, 2.05) is 11.8 Å². The molecule has 0 bridgehead atoms. The van der Waals surface area contributed by atoms with E-state index in [0.717, 1.165) is 5.57 Å². The highest BCUT2D eigenvalue weighted by Crippen LogP contribution is 2.20. The van der Waals surface area contributed by atoms with E-state index in [-0.39, 0.29) is 10.6 Å². The molecule has 0 aliphatic carbocycles. The summed E-state index contributed by atoms with van der Waals surface area (Å²) >= 11 is 5.30. The van der Waals surface area contributed by atoms with E-state index >= 15 is 0 Å². The summed E-state index contributed by atoms with van der Waals surface area (Å²) in [5.41, 5.74) is 0.819. The predicted octanol–water partition coefficient (Wildman–Crippen LogP) is 1.35. The van der Waals surface area contributed by atoms with Crippen molar-refractivity contribution in [2.24, 2.45) is 0 Å². The topological polar surface area (TPSA) is 95.8 Å². The zero-order valence-corrected chi connectivity index (χ0v) is 15.5. The summed E-state index contributed by atoms with van der Waals surface area (Å²) in [6.07, 6.45) is 0. The Morgan fingerprint density at radius 1 is 1.28 bits per heavy atom. The molecule has 1 aliphatic rings. The van der Waals surface area contributed by atoms with E-state index in [0.29, 0.717) is 37.8 Å². The number of nitro groups is 1. The number of hydrogen-bond acceptors (Lipinski definition) is 5. The van der Waals surface area contributed by atoms with Crippen LogP contribution in [0.5, 0.6) is 0 Å². The van der Waals surface area contributed by atoms with E-state index in [4.69, 9.17) is 12.2 Å². The molecule has 0 amide bonds. The van der Waals surface area contributed by atoms with Crippen LogP contribution in [0.2, 0.25) is 0 Å². The van der Waals surface area contributed by atoms with Gasteiger partial charge in [-0.1, -0.05) is 12.2 Å². The van der Waals surface area contributed by atoms with Crippen LogP contribution in [0.1, 0.15) is 6.92 Å². The van der Waals surface area contributed by atoms with Crippen LogP contribution in [0.15, 0.2) is 41.3 Å². The van der Waals surface area contributed by atoms with Gasteiger partial charge in [0.05, 0.1) is 9.82 Å². The third-order valence-corrected chi connectivity index (χ3v) is 6.07. The number of hydrogen-bond donors (Lipinski definition) is 1. The molecule has 8 nitrogen and oxygen atoms in total. The summed E-state index contributed by atoms with van der Waals surface area (Å²) in [5, 5.41) is 14.3. The van der Waals surface area contributed by atoms with Gasteiger partial charge in [0.15, 0.2) is 5.11 Å². The van der Waals surface area contributed by atoms with Gasteiger partial charge in [-0.2, -0.15) is 4.31 Å². The molecular formula is C15H20N4O4S2. The van der Waals surface area contributed by atoms with Crippen LogP contribution >= 0.6 is 12.2 Å². The predicted molar refractivity (Wildman–Crippen MR) is 98.8 cm³/mol. The minimum Gasteiger partial charge on any atom is -0.359 e. The van der Waals surface area contributed by atoms with E-state index in [1.165, 1.54) is 28.6 Å². The highest BCUT2D eigenvalue weighted by Gasteiger charge is 2.29. The number of nitro benzene ring substituents is 1. The first-order valence-electron chi connectivity index (χ1n) is 7.63. The standard InChI is InChI=1S/C15H20N4O4S2/c1-12(2)11-16-15(24)17-7-9-18(10-8-17)25(22,23)14-5-3-13(4-6-14)19(20)21/h3-6H,1,7-11H2,2H3,(H,16,24). The third-order valence-electron chi connectivity index (χ3n) is 3.75. The van der Waals surface area contributed by atoms with Crippen LogP contribution in [0.3, 0.4) is 0 Å². The van der Waals surface area contributed by atoms with Crippen molar-refractivity contribution in [3.63, 3.8) is 0 Å². The summed E-state index contributed by atoms with van der Waals surface area (Å²) in [4.78, 5) is 12.1. The van der Waals surface area contributed by atoms with Gasteiger partial charge in [0, 0.05) is 44.9 Å². The normalized spacial score (nSPS) is 15.6. The van der Waals surface area contributed by atoms with Gasteiger partial charge in [-0.25, -0.2) is 8.42 Å². The molecule has 0 saturated carbocycles. The number of nitrogens with zero attached hydrogens (tertiary/aromatic N) is 3. The molecule has 25 heavy (non-hydrogen) atoms. The average molecular weight is 384 g/mol. The fourth-order valence-electron chi connectivity index (χ4n) is 2.36. The number of rotatable bonds is 5. The Balaban J connectivity index is 2.00. The van der Waals surface area contributed by atoms with Gasteiger partial charge < -0.3 is 10.2 Å². The van der Waals surface area contributed by atoms with Crippen molar-refractivity contribution in [1.29, 1.82) is 0 Å². The van der Waals surface area contributed by atoms with Crippen molar-refractivity contribution in [1.82, 2.24) is 14.5 Å². The molecular weight excluding hydrogens is 364 g/mol. The summed E-state index contributed by atoms with van der Waals surface area (Å²) in [7, 11) is -3.67.